The summed E-state index contributed by atoms with van der Waals surface area (Å²) in [5, 5.41) is 10.8. The normalized spacial score (nSPS) is 32.0. The maximum absolute atomic E-state index is 13.1. The van der Waals surface area contributed by atoms with E-state index in [2.05, 4.69) is 0 Å². The lowest BCUT2D eigenvalue weighted by Crippen LogP contribution is -2.44. The minimum Gasteiger partial charge on any atom is -0.481 e. The molecule has 4 rings (SSSR count). The Kier molecular flexibility index (Phi) is 4.64. The average Bonchev–Trinajstić information content (AvgIpc) is 3.45. The lowest BCUT2D eigenvalue weighted by molar-refractivity contribution is -0.189. The molecule has 1 aliphatic heterocycles. The second-order valence-electron chi connectivity index (χ2n) is 8.66. The minimum atomic E-state index is -4.42. The standard InChI is InChI=1S/C21H26F3NO3/c1-14(21(22,23)24)28-17-6-4-16(5-7-17)25-13-12-19(18(25)26)8-10-20(27,11-9-19)15-2-3-15/h4-7,14-15,27H,2-3,8-13H2,1H3/t14-,19-,20+/m1/s1. The number of carbonyl (C=O) groups is 1. The topological polar surface area (TPSA) is 49.8 Å². The van der Waals surface area contributed by atoms with Gasteiger partial charge in [-0.25, -0.2) is 0 Å². The minimum absolute atomic E-state index is 0.0719. The molecule has 1 amide bonds. The number of hydrogen-bond donors (Lipinski definition) is 1. The number of ether oxygens (including phenoxy) is 1. The van der Waals surface area contributed by atoms with Crippen molar-refractivity contribution in [3.05, 3.63) is 24.3 Å². The van der Waals surface area contributed by atoms with Gasteiger partial charge >= 0.3 is 6.18 Å². The van der Waals surface area contributed by atoms with E-state index in [1.54, 1.807) is 17.0 Å². The number of halogens is 3. The van der Waals surface area contributed by atoms with Gasteiger partial charge in [-0.1, -0.05) is 0 Å². The maximum Gasteiger partial charge on any atom is 0.425 e. The molecule has 28 heavy (non-hydrogen) atoms. The van der Waals surface area contributed by atoms with Crippen LogP contribution in [0.25, 0.3) is 0 Å². The van der Waals surface area contributed by atoms with Crippen LogP contribution in [-0.4, -0.2) is 35.4 Å². The second-order valence-corrected chi connectivity index (χ2v) is 8.66. The molecular formula is C21H26F3NO3. The molecule has 1 saturated heterocycles. The molecule has 0 bridgehead atoms. The first-order chi connectivity index (χ1) is 13.1. The molecule has 0 aromatic heterocycles. The maximum atomic E-state index is 13.1. The zero-order valence-corrected chi connectivity index (χ0v) is 16.0. The molecule has 4 nitrogen and oxygen atoms in total. The Morgan fingerprint density at radius 3 is 2.25 bits per heavy atom. The van der Waals surface area contributed by atoms with Gasteiger partial charge in [-0.05, 0) is 82.1 Å². The summed E-state index contributed by atoms with van der Waals surface area (Å²) in [6.45, 7) is 1.56. The number of aliphatic hydroxyl groups is 1. The highest BCUT2D eigenvalue weighted by Crippen LogP contribution is 2.54. The van der Waals surface area contributed by atoms with E-state index in [1.165, 1.54) is 12.1 Å². The fourth-order valence-corrected chi connectivity index (χ4v) is 4.70. The number of benzene rings is 1. The Hall–Kier alpha value is -1.76. The van der Waals surface area contributed by atoms with Crippen molar-refractivity contribution in [3.8, 4) is 5.75 Å². The highest BCUT2D eigenvalue weighted by atomic mass is 19.4. The quantitative estimate of drug-likeness (QED) is 0.816. The Bertz CT molecular complexity index is 734. The SMILES string of the molecule is C[C@@H](Oc1ccc(N2CC[C@]3(CC[C@@](O)(C4CC4)CC3)C2=O)cc1)C(F)(F)F. The van der Waals surface area contributed by atoms with Gasteiger partial charge in [-0.15, -0.1) is 0 Å². The van der Waals surface area contributed by atoms with Crippen LogP contribution in [-0.2, 0) is 4.79 Å². The van der Waals surface area contributed by atoms with Crippen molar-refractivity contribution < 1.29 is 27.8 Å². The highest BCUT2D eigenvalue weighted by Gasteiger charge is 2.54. The van der Waals surface area contributed by atoms with E-state index in [0.717, 1.165) is 26.2 Å². The lowest BCUT2D eigenvalue weighted by atomic mass is 9.66. The van der Waals surface area contributed by atoms with Gasteiger partial charge in [0.1, 0.15) is 5.75 Å². The number of amides is 1. The molecule has 3 fully saturated rings. The molecule has 2 aliphatic carbocycles. The third kappa shape index (κ3) is 3.49. The van der Waals surface area contributed by atoms with Crippen LogP contribution in [0.1, 0.15) is 51.9 Å². The number of anilines is 1. The van der Waals surface area contributed by atoms with Crippen molar-refractivity contribution in [2.45, 2.75) is 69.8 Å². The summed E-state index contributed by atoms with van der Waals surface area (Å²) < 4.78 is 42.8. The third-order valence-electron chi connectivity index (χ3n) is 6.85. The van der Waals surface area contributed by atoms with E-state index in [4.69, 9.17) is 4.74 Å². The van der Waals surface area contributed by atoms with Gasteiger partial charge < -0.3 is 14.7 Å². The first-order valence-corrected chi connectivity index (χ1v) is 10.0. The molecule has 1 spiro atoms. The predicted octanol–water partition coefficient (Wildman–Crippen LogP) is 4.45. The van der Waals surface area contributed by atoms with Gasteiger partial charge in [-0.2, -0.15) is 13.2 Å². The molecule has 1 atom stereocenters. The molecule has 2 saturated carbocycles. The molecule has 154 valence electrons. The second kappa shape index (κ2) is 6.65. The molecule has 1 heterocycles. The van der Waals surface area contributed by atoms with Crippen molar-refractivity contribution in [1.82, 2.24) is 0 Å². The molecule has 1 aromatic carbocycles. The molecule has 7 heteroatoms. The monoisotopic (exact) mass is 397 g/mol. The van der Waals surface area contributed by atoms with E-state index in [0.29, 0.717) is 43.8 Å². The predicted molar refractivity (Wildman–Crippen MR) is 98.1 cm³/mol. The van der Waals surface area contributed by atoms with Gasteiger partial charge in [0.25, 0.3) is 0 Å². The molecule has 0 radical (unpaired) electrons. The van der Waals surface area contributed by atoms with Crippen LogP contribution < -0.4 is 9.64 Å². The van der Waals surface area contributed by atoms with E-state index >= 15 is 0 Å². The van der Waals surface area contributed by atoms with Crippen molar-refractivity contribution in [3.63, 3.8) is 0 Å². The fraction of sp³-hybridized carbons (Fsp3) is 0.667. The molecule has 3 aliphatic rings. The Morgan fingerprint density at radius 2 is 1.71 bits per heavy atom. The summed E-state index contributed by atoms with van der Waals surface area (Å²) in [6.07, 6.45) is -0.592. The molecule has 1 aromatic rings. The van der Waals surface area contributed by atoms with Crippen molar-refractivity contribution in [2.75, 3.05) is 11.4 Å². The van der Waals surface area contributed by atoms with Gasteiger partial charge in [-0.3, -0.25) is 4.79 Å². The summed E-state index contributed by atoms with van der Waals surface area (Å²) in [5.74, 6) is 0.605. The number of rotatable bonds is 4. The molecular weight excluding hydrogens is 371 g/mol. The Morgan fingerprint density at radius 1 is 1.11 bits per heavy atom. The summed E-state index contributed by atoms with van der Waals surface area (Å²) >= 11 is 0. The van der Waals surface area contributed by atoms with Gasteiger partial charge in [0.05, 0.1) is 11.0 Å². The Balaban J connectivity index is 1.41. The Labute approximate surface area is 162 Å². The smallest absolute Gasteiger partial charge is 0.425 e. The van der Waals surface area contributed by atoms with Crippen molar-refractivity contribution in [1.29, 1.82) is 0 Å². The number of alkyl halides is 3. The van der Waals surface area contributed by atoms with Gasteiger partial charge in [0.15, 0.2) is 6.10 Å². The summed E-state index contributed by atoms with van der Waals surface area (Å²) in [4.78, 5) is 14.9. The van der Waals surface area contributed by atoms with Crippen LogP contribution in [0.5, 0.6) is 5.75 Å². The largest absolute Gasteiger partial charge is 0.481 e. The first-order valence-electron chi connectivity index (χ1n) is 10.0. The zero-order chi connectivity index (χ0) is 20.2. The van der Waals surface area contributed by atoms with Crippen LogP contribution in [0.15, 0.2) is 24.3 Å². The van der Waals surface area contributed by atoms with Crippen LogP contribution >= 0.6 is 0 Å². The molecule has 0 unspecified atom stereocenters. The van der Waals surface area contributed by atoms with Crippen LogP contribution in [0, 0.1) is 11.3 Å². The van der Waals surface area contributed by atoms with Crippen molar-refractivity contribution in [2.24, 2.45) is 11.3 Å². The van der Waals surface area contributed by atoms with Gasteiger partial charge in [0, 0.05) is 12.2 Å². The van der Waals surface area contributed by atoms with Crippen LogP contribution in [0.3, 0.4) is 0 Å². The lowest BCUT2D eigenvalue weighted by Gasteiger charge is -2.41. The van der Waals surface area contributed by atoms with Crippen molar-refractivity contribution >= 4 is 11.6 Å². The zero-order valence-electron chi connectivity index (χ0n) is 16.0. The third-order valence-corrected chi connectivity index (χ3v) is 6.85. The fourth-order valence-electron chi connectivity index (χ4n) is 4.70. The summed E-state index contributed by atoms with van der Waals surface area (Å²) in [7, 11) is 0. The molecule has 1 N–H and O–H groups in total. The van der Waals surface area contributed by atoms with E-state index < -0.39 is 23.3 Å². The van der Waals surface area contributed by atoms with E-state index in [1.807, 2.05) is 0 Å². The summed E-state index contributed by atoms with van der Waals surface area (Å²) in [5.41, 5.74) is -0.314. The van der Waals surface area contributed by atoms with E-state index in [-0.39, 0.29) is 11.7 Å². The number of carbonyl (C=O) groups excluding carboxylic acids is 1. The van der Waals surface area contributed by atoms with Gasteiger partial charge in [0.2, 0.25) is 5.91 Å². The summed E-state index contributed by atoms with van der Waals surface area (Å²) in [6, 6.07) is 6.22. The highest BCUT2D eigenvalue weighted by molar-refractivity contribution is 6.00. The average molecular weight is 397 g/mol. The van der Waals surface area contributed by atoms with Crippen LogP contribution in [0.4, 0.5) is 18.9 Å². The van der Waals surface area contributed by atoms with E-state index in [9.17, 15) is 23.1 Å². The van der Waals surface area contributed by atoms with Crippen LogP contribution in [0.2, 0.25) is 0 Å². The number of hydrogen-bond acceptors (Lipinski definition) is 3. The number of nitrogens with zero attached hydrogens (tertiary/aromatic N) is 1. The first kappa shape index (κ1) is 19.6.